The van der Waals surface area contributed by atoms with Crippen LogP contribution in [0.2, 0.25) is 5.02 Å². The summed E-state index contributed by atoms with van der Waals surface area (Å²) in [5.41, 5.74) is 1.14. The summed E-state index contributed by atoms with van der Waals surface area (Å²) in [6.07, 6.45) is 5.49. The van der Waals surface area contributed by atoms with E-state index in [2.05, 4.69) is 17.2 Å². The minimum atomic E-state index is 0.601. The van der Waals surface area contributed by atoms with Crippen LogP contribution >= 0.6 is 11.6 Å². The van der Waals surface area contributed by atoms with Crippen molar-refractivity contribution in [3.05, 3.63) is 29.0 Å². The molecular weight excluding hydrogens is 208 g/mol. The van der Waals surface area contributed by atoms with Gasteiger partial charge in [-0.2, -0.15) is 0 Å². The van der Waals surface area contributed by atoms with Gasteiger partial charge in [0, 0.05) is 24.4 Å². The SMILES string of the molecule is CCNC(Cc1ccc(Cl)cn1)C1CC1. The number of nitrogens with one attached hydrogen (secondary N) is 1. The third-order valence-electron chi connectivity index (χ3n) is 2.88. The molecule has 1 atom stereocenters. The molecule has 1 aromatic rings. The van der Waals surface area contributed by atoms with Crippen LogP contribution in [0.5, 0.6) is 0 Å². The van der Waals surface area contributed by atoms with E-state index in [1.54, 1.807) is 6.20 Å². The lowest BCUT2D eigenvalue weighted by molar-refractivity contribution is 0.468. The summed E-state index contributed by atoms with van der Waals surface area (Å²) >= 11 is 5.81. The second-order valence-corrected chi connectivity index (χ2v) is 4.61. The summed E-state index contributed by atoms with van der Waals surface area (Å²) in [7, 11) is 0. The molecule has 0 amide bonds. The van der Waals surface area contributed by atoms with Crippen molar-refractivity contribution in [3.8, 4) is 0 Å². The molecule has 1 aliphatic carbocycles. The summed E-state index contributed by atoms with van der Waals surface area (Å²) in [5, 5.41) is 4.25. The highest BCUT2D eigenvalue weighted by molar-refractivity contribution is 6.30. The molecule has 1 unspecified atom stereocenters. The van der Waals surface area contributed by atoms with Gasteiger partial charge in [-0.3, -0.25) is 4.98 Å². The van der Waals surface area contributed by atoms with Crippen LogP contribution in [0.25, 0.3) is 0 Å². The molecule has 1 heterocycles. The molecule has 0 aromatic carbocycles. The molecule has 0 aliphatic heterocycles. The Kier molecular flexibility index (Phi) is 3.60. The van der Waals surface area contributed by atoms with Crippen LogP contribution in [0.3, 0.4) is 0 Å². The monoisotopic (exact) mass is 224 g/mol. The standard InChI is InChI=1S/C12H17ClN2/c1-2-14-12(9-3-4-9)7-11-6-5-10(13)8-15-11/h5-6,8-9,12,14H,2-4,7H2,1H3. The molecular formula is C12H17ClN2. The molecule has 1 fully saturated rings. The summed E-state index contributed by atoms with van der Waals surface area (Å²) < 4.78 is 0. The highest BCUT2D eigenvalue weighted by atomic mass is 35.5. The maximum absolute atomic E-state index is 5.81. The minimum absolute atomic E-state index is 0.601. The van der Waals surface area contributed by atoms with Gasteiger partial charge >= 0.3 is 0 Å². The number of nitrogens with zero attached hydrogens (tertiary/aromatic N) is 1. The fourth-order valence-corrected chi connectivity index (χ4v) is 2.03. The van der Waals surface area contributed by atoms with E-state index in [-0.39, 0.29) is 0 Å². The first-order valence-corrected chi connectivity index (χ1v) is 6.01. The van der Waals surface area contributed by atoms with Crippen LogP contribution in [0.1, 0.15) is 25.5 Å². The lowest BCUT2D eigenvalue weighted by Crippen LogP contribution is -2.33. The summed E-state index contributed by atoms with van der Waals surface area (Å²) in [5.74, 6) is 0.863. The highest BCUT2D eigenvalue weighted by Crippen LogP contribution is 2.33. The van der Waals surface area contributed by atoms with Gasteiger partial charge in [-0.05, 0) is 37.4 Å². The Morgan fingerprint density at radius 3 is 2.87 bits per heavy atom. The summed E-state index contributed by atoms with van der Waals surface area (Å²) in [6.45, 7) is 3.19. The summed E-state index contributed by atoms with van der Waals surface area (Å²) in [4.78, 5) is 4.34. The molecule has 82 valence electrons. The van der Waals surface area contributed by atoms with Crippen molar-refractivity contribution < 1.29 is 0 Å². The van der Waals surface area contributed by atoms with Crippen LogP contribution < -0.4 is 5.32 Å². The normalized spacial score (nSPS) is 17.7. The van der Waals surface area contributed by atoms with E-state index in [0.717, 1.165) is 24.6 Å². The van der Waals surface area contributed by atoms with Gasteiger partial charge in [0.25, 0.3) is 0 Å². The average molecular weight is 225 g/mol. The Hall–Kier alpha value is -0.600. The van der Waals surface area contributed by atoms with Gasteiger partial charge in [0.05, 0.1) is 5.02 Å². The molecule has 0 saturated heterocycles. The van der Waals surface area contributed by atoms with Gasteiger partial charge in [-0.15, -0.1) is 0 Å². The Morgan fingerprint density at radius 2 is 2.33 bits per heavy atom. The van der Waals surface area contributed by atoms with Gasteiger partial charge in [0.2, 0.25) is 0 Å². The first kappa shape index (κ1) is 10.9. The number of pyridine rings is 1. The molecule has 0 spiro atoms. The van der Waals surface area contributed by atoms with E-state index < -0.39 is 0 Å². The van der Waals surface area contributed by atoms with Gasteiger partial charge < -0.3 is 5.32 Å². The number of likely N-dealkylation sites (N-methyl/N-ethyl adjacent to an activating group) is 1. The van der Waals surface area contributed by atoms with E-state index in [9.17, 15) is 0 Å². The quantitative estimate of drug-likeness (QED) is 0.832. The molecule has 2 nitrogen and oxygen atoms in total. The average Bonchev–Trinajstić information content (AvgIpc) is 3.04. The third-order valence-corrected chi connectivity index (χ3v) is 3.10. The molecule has 2 rings (SSSR count). The van der Waals surface area contributed by atoms with Crippen molar-refractivity contribution in [1.29, 1.82) is 0 Å². The predicted molar refractivity (Wildman–Crippen MR) is 63.1 cm³/mol. The maximum atomic E-state index is 5.81. The molecule has 1 saturated carbocycles. The van der Waals surface area contributed by atoms with Crippen molar-refractivity contribution in [2.45, 2.75) is 32.2 Å². The molecule has 3 heteroatoms. The Morgan fingerprint density at radius 1 is 1.53 bits per heavy atom. The smallest absolute Gasteiger partial charge is 0.0589 e. The van der Waals surface area contributed by atoms with Crippen molar-refractivity contribution >= 4 is 11.6 Å². The van der Waals surface area contributed by atoms with Gasteiger partial charge in [0.1, 0.15) is 0 Å². The Labute approximate surface area is 96.1 Å². The molecule has 0 bridgehead atoms. The third kappa shape index (κ3) is 3.18. The zero-order valence-corrected chi connectivity index (χ0v) is 9.80. The van der Waals surface area contributed by atoms with E-state index in [1.807, 2.05) is 12.1 Å². The van der Waals surface area contributed by atoms with E-state index in [0.29, 0.717) is 11.1 Å². The Balaban J connectivity index is 1.95. The molecule has 1 N–H and O–H groups in total. The number of aromatic nitrogens is 1. The van der Waals surface area contributed by atoms with Crippen LogP contribution in [0.15, 0.2) is 18.3 Å². The fourth-order valence-electron chi connectivity index (χ4n) is 1.92. The van der Waals surface area contributed by atoms with E-state index >= 15 is 0 Å². The number of halogens is 1. The molecule has 15 heavy (non-hydrogen) atoms. The number of hydrogen-bond donors (Lipinski definition) is 1. The fraction of sp³-hybridized carbons (Fsp3) is 0.583. The minimum Gasteiger partial charge on any atom is -0.314 e. The zero-order valence-electron chi connectivity index (χ0n) is 9.04. The van der Waals surface area contributed by atoms with Crippen LogP contribution in [-0.4, -0.2) is 17.6 Å². The first-order valence-electron chi connectivity index (χ1n) is 5.63. The number of rotatable bonds is 5. The molecule has 0 radical (unpaired) electrons. The van der Waals surface area contributed by atoms with Crippen molar-refractivity contribution in [2.24, 2.45) is 5.92 Å². The number of hydrogen-bond acceptors (Lipinski definition) is 2. The molecule has 1 aromatic heterocycles. The van der Waals surface area contributed by atoms with Crippen LogP contribution in [0.4, 0.5) is 0 Å². The van der Waals surface area contributed by atoms with Gasteiger partial charge in [-0.25, -0.2) is 0 Å². The zero-order chi connectivity index (χ0) is 10.7. The largest absolute Gasteiger partial charge is 0.314 e. The Bertz CT molecular complexity index is 306. The lowest BCUT2D eigenvalue weighted by Gasteiger charge is -2.16. The maximum Gasteiger partial charge on any atom is 0.0589 e. The summed E-state index contributed by atoms with van der Waals surface area (Å²) in [6, 6.07) is 4.54. The van der Waals surface area contributed by atoms with E-state index in [4.69, 9.17) is 11.6 Å². The second-order valence-electron chi connectivity index (χ2n) is 4.17. The lowest BCUT2D eigenvalue weighted by atomic mass is 10.1. The topological polar surface area (TPSA) is 24.9 Å². The van der Waals surface area contributed by atoms with E-state index in [1.165, 1.54) is 12.8 Å². The van der Waals surface area contributed by atoms with Crippen LogP contribution in [-0.2, 0) is 6.42 Å². The highest BCUT2D eigenvalue weighted by Gasteiger charge is 2.30. The van der Waals surface area contributed by atoms with Crippen molar-refractivity contribution in [1.82, 2.24) is 10.3 Å². The molecule has 1 aliphatic rings. The first-order chi connectivity index (χ1) is 7.29. The second kappa shape index (κ2) is 4.95. The predicted octanol–water partition coefficient (Wildman–Crippen LogP) is 2.67. The van der Waals surface area contributed by atoms with Crippen LogP contribution in [0, 0.1) is 5.92 Å². The van der Waals surface area contributed by atoms with Gasteiger partial charge in [0.15, 0.2) is 0 Å². The van der Waals surface area contributed by atoms with Crippen molar-refractivity contribution in [3.63, 3.8) is 0 Å². The van der Waals surface area contributed by atoms with Crippen molar-refractivity contribution in [2.75, 3.05) is 6.54 Å². The van der Waals surface area contributed by atoms with Gasteiger partial charge in [-0.1, -0.05) is 18.5 Å².